The second-order valence-corrected chi connectivity index (χ2v) is 7.08. The Morgan fingerprint density at radius 3 is 2.47 bits per heavy atom. The zero-order valence-electron chi connectivity index (χ0n) is 17.7. The molecule has 0 radical (unpaired) electrons. The van der Waals surface area contributed by atoms with Crippen molar-refractivity contribution < 1.29 is 32.2 Å². The van der Waals surface area contributed by atoms with Gasteiger partial charge in [0, 0.05) is 23.9 Å². The van der Waals surface area contributed by atoms with Crippen LogP contribution in [0.25, 0.3) is 0 Å². The second-order valence-electron chi connectivity index (χ2n) is 7.08. The molecule has 2 aromatic carbocycles. The summed E-state index contributed by atoms with van der Waals surface area (Å²) in [7, 11) is 2.92. The summed E-state index contributed by atoms with van der Waals surface area (Å²) >= 11 is 0. The Balaban J connectivity index is 1.83. The van der Waals surface area contributed by atoms with Crippen molar-refractivity contribution in [1.82, 2.24) is 5.32 Å². The predicted octanol–water partition coefficient (Wildman–Crippen LogP) is 4.10. The fraction of sp³-hybridized carbons (Fsp3) is 0.364. The molecule has 1 aliphatic heterocycles. The van der Waals surface area contributed by atoms with Crippen molar-refractivity contribution in [2.24, 2.45) is 4.99 Å². The van der Waals surface area contributed by atoms with Crippen molar-refractivity contribution in [3.8, 4) is 11.5 Å². The van der Waals surface area contributed by atoms with Crippen LogP contribution >= 0.6 is 0 Å². The third-order valence-corrected chi connectivity index (χ3v) is 4.78. The van der Waals surface area contributed by atoms with Gasteiger partial charge in [-0.3, -0.25) is 10.1 Å². The molecule has 2 aromatic rings. The standard InChI is InChI=1S/C22H24F3N3O4/c1-30-18-9-14(10-19(12-18)31-2)20(29)28-21(26-13-17-7-4-8-32-17)27-16-6-3-5-15(11-16)22(23,24)25/h3,5-6,9-12,17H,4,7-8,13H2,1-2H3,(H2,26,27,28,29). The Bertz CT molecular complexity index is 951. The average Bonchev–Trinajstić information content (AvgIpc) is 3.30. The average molecular weight is 451 g/mol. The Hall–Kier alpha value is -3.27. The van der Waals surface area contributed by atoms with Crippen LogP contribution < -0.4 is 20.1 Å². The van der Waals surface area contributed by atoms with Gasteiger partial charge in [-0.1, -0.05) is 6.07 Å². The number of methoxy groups -OCH3 is 2. The Morgan fingerprint density at radius 1 is 1.16 bits per heavy atom. The molecule has 0 spiro atoms. The summed E-state index contributed by atoms with van der Waals surface area (Å²) < 4.78 is 55.1. The number of halogens is 3. The summed E-state index contributed by atoms with van der Waals surface area (Å²) in [5.74, 6) is 0.302. The van der Waals surface area contributed by atoms with Gasteiger partial charge in [0.05, 0.1) is 32.4 Å². The van der Waals surface area contributed by atoms with Crippen LogP contribution in [0.1, 0.15) is 28.8 Å². The first-order chi connectivity index (χ1) is 15.3. The summed E-state index contributed by atoms with van der Waals surface area (Å²) in [6.07, 6.45) is -2.87. The molecular weight excluding hydrogens is 427 g/mol. The van der Waals surface area contributed by atoms with Gasteiger partial charge in [-0.05, 0) is 43.2 Å². The number of guanidine groups is 1. The maximum Gasteiger partial charge on any atom is 0.416 e. The Morgan fingerprint density at radius 2 is 1.88 bits per heavy atom. The van der Waals surface area contributed by atoms with Crippen molar-refractivity contribution in [1.29, 1.82) is 0 Å². The molecule has 1 amide bonds. The smallest absolute Gasteiger partial charge is 0.416 e. The van der Waals surface area contributed by atoms with Crippen molar-refractivity contribution in [2.45, 2.75) is 25.1 Å². The van der Waals surface area contributed by atoms with Crippen molar-refractivity contribution in [2.75, 3.05) is 32.7 Å². The maximum atomic E-state index is 13.1. The fourth-order valence-electron chi connectivity index (χ4n) is 3.12. The van der Waals surface area contributed by atoms with E-state index in [0.29, 0.717) is 18.1 Å². The molecule has 1 fully saturated rings. The lowest BCUT2D eigenvalue weighted by molar-refractivity contribution is -0.137. The zero-order valence-corrected chi connectivity index (χ0v) is 17.7. The van der Waals surface area contributed by atoms with Crippen LogP contribution in [-0.4, -0.2) is 45.3 Å². The number of ether oxygens (including phenoxy) is 3. The van der Waals surface area contributed by atoms with Gasteiger partial charge in [0.2, 0.25) is 5.96 Å². The van der Waals surface area contributed by atoms with E-state index in [1.54, 1.807) is 6.07 Å². The summed E-state index contributed by atoms with van der Waals surface area (Å²) in [5, 5.41) is 5.39. The molecule has 3 rings (SSSR count). The number of alkyl halides is 3. The summed E-state index contributed by atoms with van der Waals surface area (Å²) in [6, 6.07) is 9.29. The molecule has 1 saturated heterocycles. The van der Waals surface area contributed by atoms with E-state index in [1.807, 2.05) is 0 Å². The van der Waals surface area contributed by atoms with Gasteiger partial charge in [-0.2, -0.15) is 13.2 Å². The third kappa shape index (κ3) is 6.36. The highest BCUT2D eigenvalue weighted by Gasteiger charge is 2.30. The lowest BCUT2D eigenvalue weighted by Gasteiger charge is -2.15. The van der Waals surface area contributed by atoms with Crippen LogP contribution in [0.15, 0.2) is 47.5 Å². The molecule has 1 heterocycles. The molecule has 1 atom stereocenters. The number of nitrogens with zero attached hydrogens (tertiary/aromatic N) is 1. The fourth-order valence-corrected chi connectivity index (χ4v) is 3.12. The Kier molecular flexibility index (Phi) is 7.57. The minimum Gasteiger partial charge on any atom is -0.497 e. The number of nitrogens with one attached hydrogen (secondary N) is 2. The predicted molar refractivity (Wildman–Crippen MR) is 113 cm³/mol. The van der Waals surface area contributed by atoms with E-state index in [0.717, 1.165) is 25.0 Å². The molecular formula is C22H24F3N3O4. The number of benzene rings is 2. The van der Waals surface area contributed by atoms with E-state index in [4.69, 9.17) is 14.2 Å². The Labute approximate surface area is 183 Å². The number of hydrogen-bond acceptors (Lipinski definition) is 5. The highest BCUT2D eigenvalue weighted by molar-refractivity contribution is 6.10. The monoisotopic (exact) mass is 451 g/mol. The van der Waals surface area contributed by atoms with E-state index in [2.05, 4.69) is 15.6 Å². The van der Waals surface area contributed by atoms with Gasteiger partial charge in [-0.25, -0.2) is 4.99 Å². The lowest BCUT2D eigenvalue weighted by Crippen LogP contribution is -2.36. The molecule has 172 valence electrons. The molecule has 0 aliphatic carbocycles. The molecule has 0 bridgehead atoms. The van der Waals surface area contributed by atoms with Gasteiger partial charge in [-0.15, -0.1) is 0 Å². The van der Waals surface area contributed by atoms with Gasteiger partial charge in [0.1, 0.15) is 11.5 Å². The second kappa shape index (κ2) is 10.4. The van der Waals surface area contributed by atoms with Crippen molar-refractivity contribution >= 4 is 17.6 Å². The van der Waals surface area contributed by atoms with Crippen molar-refractivity contribution in [3.05, 3.63) is 53.6 Å². The maximum absolute atomic E-state index is 13.1. The van der Waals surface area contributed by atoms with Crippen LogP contribution in [0.5, 0.6) is 11.5 Å². The van der Waals surface area contributed by atoms with Gasteiger partial charge in [0.15, 0.2) is 0 Å². The van der Waals surface area contributed by atoms with E-state index in [-0.39, 0.29) is 29.9 Å². The van der Waals surface area contributed by atoms with Gasteiger partial charge >= 0.3 is 6.18 Å². The van der Waals surface area contributed by atoms with Gasteiger partial charge in [0.25, 0.3) is 5.91 Å². The van der Waals surface area contributed by atoms with Crippen LogP contribution in [0.2, 0.25) is 0 Å². The first kappa shape index (κ1) is 23.4. The van der Waals surface area contributed by atoms with Crippen LogP contribution in [0, 0.1) is 0 Å². The molecule has 1 unspecified atom stereocenters. The highest BCUT2D eigenvalue weighted by atomic mass is 19.4. The lowest BCUT2D eigenvalue weighted by atomic mass is 10.2. The largest absolute Gasteiger partial charge is 0.497 e. The number of carbonyl (C=O) groups excluding carboxylic acids is 1. The molecule has 2 N–H and O–H groups in total. The SMILES string of the molecule is COc1cc(OC)cc(C(=O)NC(=NCC2CCCO2)Nc2cccc(C(F)(F)F)c2)c1. The van der Waals surface area contributed by atoms with Gasteiger partial charge < -0.3 is 19.5 Å². The number of amides is 1. The minimum atomic E-state index is -4.49. The summed E-state index contributed by atoms with van der Waals surface area (Å²) in [4.78, 5) is 17.2. The summed E-state index contributed by atoms with van der Waals surface area (Å²) in [5.41, 5.74) is -0.448. The number of rotatable bonds is 6. The molecule has 0 aromatic heterocycles. The third-order valence-electron chi connectivity index (χ3n) is 4.78. The first-order valence-electron chi connectivity index (χ1n) is 9.93. The number of hydrogen-bond donors (Lipinski definition) is 2. The van der Waals surface area contributed by atoms with E-state index in [9.17, 15) is 18.0 Å². The molecule has 10 heteroatoms. The van der Waals surface area contributed by atoms with Crippen LogP contribution in [0.3, 0.4) is 0 Å². The van der Waals surface area contributed by atoms with E-state index in [1.165, 1.54) is 38.5 Å². The zero-order chi connectivity index (χ0) is 23.1. The van der Waals surface area contributed by atoms with E-state index < -0.39 is 17.6 Å². The topological polar surface area (TPSA) is 81.2 Å². The number of carbonyl (C=O) groups is 1. The van der Waals surface area contributed by atoms with E-state index >= 15 is 0 Å². The molecule has 7 nitrogen and oxygen atoms in total. The van der Waals surface area contributed by atoms with Crippen LogP contribution in [0.4, 0.5) is 18.9 Å². The highest BCUT2D eigenvalue weighted by Crippen LogP contribution is 2.30. The van der Waals surface area contributed by atoms with Crippen molar-refractivity contribution in [3.63, 3.8) is 0 Å². The first-order valence-corrected chi connectivity index (χ1v) is 9.93. The molecule has 0 saturated carbocycles. The number of anilines is 1. The minimum absolute atomic E-state index is 0.00612. The number of aliphatic imine (C=N–C) groups is 1. The summed E-state index contributed by atoms with van der Waals surface area (Å²) in [6.45, 7) is 0.884. The van der Waals surface area contributed by atoms with Crippen LogP contribution in [-0.2, 0) is 10.9 Å². The molecule has 1 aliphatic rings. The normalized spacial score (nSPS) is 16.5. The molecule has 32 heavy (non-hydrogen) atoms. The quantitative estimate of drug-likeness (QED) is 0.511.